The van der Waals surface area contributed by atoms with E-state index in [4.69, 9.17) is 8.83 Å². The Bertz CT molecular complexity index is 1080. The van der Waals surface area contributed by atoms with Crippen LogP contribution in [0.15, 0.2) is 67.1 Å². The molecule has 142 valence electrons. The molecule has 0 aliphatic rings. The molecule has 0 saturated carbocycles. The third-order valence-electron chi connectivity index (χ3n) is 4.09. The summed E-state index contributed by atoms with van der Waals surface area (Å²) in [5.41, 5.74) is 3.04. The lowest BCUT2D eigenvalue weighted by Gasteiger charge is -2.04. The fourth-order valence-electron chi connectivity index (χ4n) is 2.57. The van der Waals surface area contributed by atoms with E-state index in [0.717, 1.165) is 15.6 Å². The van der Waals surface area contributed by atoms with Gasteiger partial charge in [0, 0.05) is 15.6 Å². The SMILES string of the molecule is CC(C)c1ccc(-c2nnc(SCc3nnc(-c4cccc(Br)c4)o3)o2)cc1. The smallest absolute Gasteiger partial charge is 0.277 e. The van der Waals surface area contributed by atoms with Crippen LogP contribution in [-0.4, -0.2) is 20.4 Å². The average molecular weight is 457 g/mol. The van der Waals surface area contributed by atoms with Gasteiger partial charge in [-0.3, -0.25) is 0 Å². The van der Waals surface area contributed by atoms with E-state index in [1.165, 1.54) is 17.3 Å². The Morgan fingerprint density at radius 2 is 1.64 bits per heavy atom. The second kappa shape index (κ2) is 8.28. The lowest BCUT2D eigenvalue weighted by Crippen LogP contribution is -1.86. The van der Waals surface area contributed by atoms with E-state index >= 15 is 0 Å². The minimum atomic E-state index is 0.453. The largest absolute Gasteiger partial charge is 0.420 e. The molecule has 28 heavy (non-hydrogen) atoms. The van der Waals surface area contributed by atoms with E-state index in [2.05, 4.69) is 62.3 Å². The first-order chi connectivity index (χ1) is 13.6. The van der Waals surface area contributed by atoms with Crippen LogP contribution in [-0.2, 0) is 5.75 Å². The zero-order chi connectivity index (χ0) is 19.5. The van der Waals surface area contributed by atoms with Gasteiger partial charge in [0.2, 0.25) is 17.7 Å². The molecule has 8 heteroatoms. The van der Waals surface area contributed by atoms with Crippen molar-refractivity contribution in [3.05, 3.63) is 64.5 Å². The second-order valence-corrected chi connectivity index (χ2v) is 8.29. The van der Waals surface area contributed by atoms with Crippen LogP contribution in [0.5, 0.6) is 0 Å². The van der Waals surface area contributed by atoms with Gasteiger partial charge in [-0.05, 0) is 41.8 Å². The fourth-order valence-corrected chi connectivity index (χ4v) is 3.57. The summed E-state index contributed by atoms with van der Waals surface area (Å²) in [7, 11) is 0. The molecule has 4 rings (SSSR count). The summed E-state index contributed by atoms with van der Waals surface area (Å²) in [5.74, 6) is 2.42. The summed E-state index contributed by atoms with van der Waals surface area (Å²) in [6, 6.07) is 15.9. The molecule has 0 radical (unpaired) electrons. The fraction of sp³-hybridized carbons (Fsp3) is 0.200. The van der Waals surface area contributed by atoms with Crippen molar-refractivity contribution in [2.24, 2.45) is 0 Å². The van der Waals surface area contributed by atoms with E-state index in [9.17, 15) is 0 Å². The molecule has 2 heterocycles. The Balaban J connectivity index is 1.41. The second-order valence-electron chi connectivity index (χ2n) is 6.45. The maximum atomic E-state index is 5.74. The first kappa shape index (κ1) is 18.9. The predicted octanol–water partition coefficient (Wildman–Crippen LogP) is 5.96. The maximum Gasteiger partial charge on any atom is 0.277 e. The third-order valence-corrected chi connectivity index (χ3v) is 5.38. The Morgan fingerprint density at radius 3 is 2.39 bits per heavy atom. The average Bonchev–Trinajstić information content (AvgIpc) is 3.36. The molecule has 0 bridgehead atoms. The van der Waals surface area contributed by atoms with Gasteiger partial charge in [0.05, 0.1) is 5.75 Å². The van der Waals surface area contributed by atoms with Gasteiger partial charge in [-0.15, -0.1) is 20.4 Å². The minimum Gasteiger partial charge on any atom is -0.420 e. The topological polar surface area (TPSA) is 77.8 Å². The van der Waals surface area contributed by atoms with E-state index in [1.54, 1.807) is 0 Å². The molecule has 6 nitrogen and oxygen atoms in total. The number of benzene rings is 2. The van der Waals surface area contributed by atoms with Crippen molar-refractivity contribution in [2.45, 2.75) is 30.7 Å². The van der Waals surface area contributed by atoms with Crippen LogP contribution >= 0.6 is 27.7 Å². The summed E-state index contributed by atoms with van der Waals surface area (Å²) in [6.45, 7) is 4.33. The highest BCUT2D eigenvalue weighted by Gasteiger charge is 2.13. The van der Waals surface area contributed by atoms with Crippen LogP contribution in [0.1, 0.15) is 31.2 Å². The van der Waals surface area contributed by atoms with Gasteiger partial charge in [0.15, 0.2) is 0 Å². The van der Waals surface area contributed by atoms with Crippen LogP contribution in [0.2, 0.25) is 0 Å². The molecule has 2 aromatic heterocycles. The molecule has 0 N–H and O–H groups in total. The zero-order valence-electron chi connectivity index (χ0n) is 15.3. The predicted molar refractivity (Wildman–Crippen MR) is 111 cm³/mol. The standard InChI is InChI=1S/C20H17BrN4O2S/c1-12(2)13-6-8-14(9-7-13)18-24-25-20(27-18)28-11-17-22-23-19(26-17)15-4-3-5-16(21)10-15/h3-10,12H,11H2,1-2H3. The first-order valence-electron chi connectivity index (χ1n) is 8.73. The van der Waals surface area contributed by atoms with E-state index in [-0.39, 0.29) is 0 Å². The molecule has 0 spiro atoms. The molecule has 0 unspecified atom stereocenters. The van der Waals surface area contributed by atoms with Crippen molar-refractivity contribution in [3.8, 4) is 22.9 Å². The summed E-state index contributed by atoms with van der Waals surface area (Å²) in [6.07, 6.45) is 0. The van der Waals surface area contributed by atoms with Gasteiger partial charge in [0.1, 0.15) is 0 Å². The summed E-state index contributed by atoms with van der Waals surface area (Å²) < 4.78 is 12.4. The van der Waals surface area contributed by atoms with Crippen LogP contribution in [0, 0.1) is 0 Å². The van der Waals surface area contributed by atoms with E-state index in [1.807, 2.05) is 36.4 Å². The third kappa shape index (κ3) is 4.34. The van der Waals surface area contributed by atoms with Crippen LogP contribution in [0.3, 0.4) is 0 Å². The molecule has 0 amide bonds. The van der Waals surface area contributed by atoms with E-state index in [0.29, 0.717) is 34.6 Å². The number of rotatable bonds is 6. The van der Waals surface area contributed by atoms with Gasteiger partial charge >= 0.3 is 0 Å². The number of hydrogen-bond acceptors (Lipinski definition) is 7. The zero-order valence-corrected chi connectivity index (χ0v) is 17.7. The quantitative estimate of drug-likeness (QED) is 0.330. The minimum absolute atomic E-state index is 0.453. The highest BCUT2D eigenvalue weighted by atomic mass is 79.9. The molecule has 0 saturated heterocycles. The number of nitrogens with zero attached hydrogens (tertiary/aromatic N) is 4. The monoisotopic (exact) mass is 456 g/mol. The Hall–Kier alpha value is -2.45. The van der Waals surface area contributed by atoms with Gasteiger partial charge in [-0.25, -0.2) is 0 Å². The van der Waals surface area contributed by atoms with Crippen molar-refractivity contribution >= 4 is 27.7 Å². The van der Waals surface area contributed by atoms with Gasteiger partial charge < -0.3 is 8.83 Å². The van der Waals surface area contributed by atoms with Crippen molar-refractivity contribution in [3.63, 3.8) is 0 Å². The maximum absolute atomic E-state index is 5.74. The number of hydrogen-bond donors (Lipinski definition) is 0. The number of halogens is 1. The Labute approximate surface area is 174 Å². The highest BCUT2D eigenvalue weighted by Crippen LogP contribution is 2.28. The molecule has 4 aromatic rings. The summed E-state index contributed by atoms with van der Waals surface area (Å²) in [4.78, 5) is 0. The van der Waals surface area contributed by atoms with Crippen molar-refractivity contribution in [2.75, 3.05) is 0 Å². The van der Waals surface area contributed by atoms with Crippen LogP contribution in [0.4, 0.5) is 0 Å². The van der Waals surface area contributed by atoms with Gasteiger partial charge in [0.25, 0.3) is 5.22 Å². The number of aromatic nitrogens is 4. The molecule has 2 aromatic carbocycles. The van der Waals surface area contributed by atoms with Gasteiger partial charge in [-0.2, -0.15) is 0 Å². The molecular formula is C20H17BrN4O2S. The van der Waals surface area contributed by atoms with Crippen LogP contribution < -0.4 is 0 Å². The molecular weight excluding hydrogens is 440 g/mol. The molecule has 0 aliphatic carbocycles. The van der Waals surface area contributed by atoms with E-state index < -0.39 is 0 Å². The summed E-state index contributed by atoms with van der Waals surface area (Å²) >= 11 is 4.80. The lowest BCUT2D eigenvalue weighted by molar-refractivity contribution is 0.464. The highest BCUT2D eigenvalue weighted by molar-refractivity contribution is 9.10. The first-order valence-corrected chi connectivity index (χ1v) is 10.5. The van der Waals surface area contributed by atoms with Crippen LogP contribution in [0.25, 0.3) is 22.9 Å². The molecule has 0 aliphatic heterocycles. The molecule has 0 atom stereocenters. The van der Waals surface area contributed by atoms with Gasteiger partial charge in [-0.1, -0.05) is 59.7 Å². The number of thioether (sulfide) groups is 1. The normalized spacial score (nSPS) is 11.3. The lowest BCUT2D eigenvalue weighted by atomic mass is 10.0. The molecule has 0 fully saturated rings. The van der Waals surface area contributed by atoms with Crippen molar-refractivity contribution in [1.82, 2.24) is 20.4 Å². The Kier molecular flexibility index (Phi) is 5.59. The summed E-state index contributed by atoms with van der Waals surface area (Å²) in [5, 5.41) is 16.9. The van der Waals surface area contributed by atoms with Crippen molar-refractivity contribution < 1.29 is 8.83 Å². The van der Waals surface area contributed by atoms with Crippen molar-refractivity contribution in [1.29, 1.82) is 0 Å². The Morgan fingerprint density at radius 1 is 0.893 bits per heavy atom.